The van der Waals surface area contributed by atoms with Crippen LogP contribution in [-0.4, -0.2) is 58.8 Å². The number of hydrogen-bond donors (Lipinski definition) is 3. The third-order valence-electron chi connectivity index (χ3n) is 2.15. The average Bonchev–Trinajstić information content (AvgIpc) is 2.33. The molecule has 0 aliphatic rings. The van der Waals surface area contributed by atoms with E-state index in [4.69, 9.17) is 0 Å². The highest BCUT2D eigenvalue weighted by molar-refractivity contribution is 14.0. The van der Waals surface area contributed by atoms with Gasteiger partial charge in [0.1, 0.15) is 0 Å². The van der Waals surface area contributed by atoms with Gasteiger partial charge in [0.05, 0.1) is 6.26 Å². The van der Waals surface area contributed by atoms with Gasteiger partial charge in [-0.2, -0.15) is 11.8 Å². The third-order valence-corrected chi connectivity index (χ3v) is 3.58. The number of hydrogen-bond acceptors (Lipinski definition) is 4. The summed E-state index contributed by atoms with van der Waals surface area (Å²) in [6.45, 7) is 4.45. The molecule has 0 aliphatic carbocycles. The number of aliphatic imine (C=N–C) groups is 1. The highest BCUT2D eigenvalue weighted by atomic mass is 127. The largest absolute Gasteiger partial charge is 0.357 e. The summed E-state index contributed by atoms with van der Waals surface area (Å²) in [5.74, 6) is 1.90. The Balaban J connectivity index is 0. The SMILES string of the molecule is CCNC(=NCCCCSC)NCCNS(C)(=O)=O.I. The molecule has 0 atom stereocenters. The van der Waals surface area contributed by atoms with Gasteiger partial charge in [-0.1, -0.05) is 0 Å². The molecule has 0 rings (SSSR count). The van der Waals surface area contributed by atoms with Gasteiger partial charge in [-0.05, 0) is 31.8 Å². The van der Waals surface area contributed by atoms with E-state index in [0.717, 1.165) is 37.5 Å². The fourth-order valence-corrected chi connectivity index (χ4v) is 2.27. The summed E-state index contributed by atoms with van der Waals surface area (Å²) >= 11 is 1.84. The van der Waals surface area contributed by atoms with Crippen LogP contribution in [0, 0.1) is 0 Å². The van der Waals surface area contributed by atoms with Crippen LogP contribution in [0.3, 0.4) is 0 Å². The Kier molecular flexibility index (Phi) is 16.0. The van der Waals surface area contributed by atoms with Crippen LogP contribution in [0.5, 0.6) is 0 Å². The Morgan fingerprint density at radius 3 is 2.45 bits per heavy atom. The second-order valence-electron chi connectivity index (χ2n) is 4.05. The van der Waals surface area contributed by atoms with Crippen molar-refractivity contribution in [3.63, 3.8) is 0 Å². The van der Waals surface area contributed by atoms with E-state index < -0.39 is 10.0 Å². The number of rotatable bonds is 10. The first-order valence-corrected chi connectivity index (χ1v) is 9.74. The Hall–Kier alpha value is 0.260. The van der Waals surface area contributed by atoms with Gasteiger partial charge in [0.15, 0.2) is 5.96 Å². The fourth-order valence-electron chi connectivity index (χ4n) is 1.31. The molecule has 0 radical (unpaired) electrons. The predicted molar refractivity (Wildman–Crippen MR) is 99.9 cm³/mol. The standard InChI is InChI=1S/C11H26N4O2S2.HI/c1-4-12-11(13-7-5-6-10-18-2)14-8-9-15-19(3,16)17;/h15H,4-10H2,1-3H3,(H2,12,13,14);1H. The maximum atomic E-state index is 10.9. The highest BCUT2D eigenvalue weighted by Gasteiger charge is 2.00. The van der Waals surface area contributed by atoms with Gasteiger partial charge in [0.25, 0.3) is 0 Å². The normalized spacial score (nSPS) is 11.8. The van der Waals surface area contributed by atoms with Crippen molar-refractivity contribution >= 4 is 51.7 Å². The lowest BCUT2D eigenvalue weighted by molar-refractivity contribution is 0.586. The monoisotopic (exact) mass is 438 g/mol. The summed E-state index contributed by atoms with van der Waals surface area (Å²) in [7, 11) is -3.11. The summed E-state index contributed by atoms with van der Waals surface area (Å²) in [4.78, 5) is 4.43. The van der Waals surface area contributed by atoms with E-state index in [-0.39, 0.29) is 24.0 Å². The van der Waals surface area contributed by atoms with Crippen LogP contribution in [-0.2, 0) is 10.0 Å². The van der Waals surface area contributed by atoms with Crippen molar-refractivity contribution in [2.24, 2.45) is 4.99 Å². The van der Waals surface area contributed by atoms with E-state index in [9.17, 15) is 8.42 Å². The Morgan fingerprint density at radius 2 is 1.90 bits per heavy atom. The molecular weight excluding hydrogens is 411 g/mol. The van der Waals surface area contributed by atoms with Gasteiger partial charge < -0.3 is 10.6 Å². The van der Waals surface area contributed by atoms with E-state index in [1.165, 1.54) is 6.42 Å². The first kappa shape index (κ1) is 22.5. The van der Waals surface area contributed by atoms with Crippen LogP contribution in [0.4, 0.5) is 0 Å². The molecule has 0 amide bonds. The van der Waals surface area contributed by atoms with Crippen LogP contribution in [0.1, 0.15) is 19.8 Å². The third kappa shape index (κ3) is 16.3. The minimum Gasteiger partial charge on any atom is -0.357 e. The zero-order chi connectivity index (χ0) is 14.6. The first-order valence-electron chi connectivity index (χ1n) is 6.45. The molecule has 0 spiro atoms. The molecule has 0 fully saturated rings. The molecule has 0 bridgehead atoms. The molecule has 0 heterocycles. The fraction of sp³-hybridized carbons (Fsp3) is 0.909. The van der Waals surface area contributed by atoms with Crippen molar-refractivity contribution < 1.29 is 8.42 Å². The minimum absolute atomic E-state index is 0. The average molecular weight is 438 g/mol. The molecule has 0 saturated carbocycles. The number of nitrogens with zero attached hydrogens (tertiary/aromatic N) is 1. The van der Waals surface area contributed by atoms with Crippen LogP contribution in [0.15, 0.2) is 4.99 Å². The second kappa shape index (κ2) is 14.2. The Morgan fingerprint density at radius 1 is 1.20 bits per heavy atom. The number of halogens is 1. The summed E-state index contributed by atoms with van der Waals surface area (Å²) < 4.78 is 24.2. The van der Waals surface area contributed by atoms with Crippen molar-refractivity contribution in [3.05, 3.63) is 0 Å². The summed E-state index contributed by atoms with van der Waals surface area (Å²) in [6, 6.07) is 0. The maximum Gasteiger partial charge on any atom is 0.208 e. The quantitative estimate of drug-likeness (QED) is 0.204. The van der Waals surface area contributed by atoms with Crippen molar-refractivity contribution in [1.29, 1.82) is 0 Å². The molecule has 9 heteroatoms. The smallest absolute Gasteiger partial charge is 0.208 e. The Bertz CT molecular complexity index is 350. The summed E-state index contributed by atoms with van der Waals surface area (Å²) in [6.07, 6.45) is 5.49. The van der Waals surface area contributed by atoms with Crippen LogP contribution in [0.25, 0.3) is 0 Å². The Labute approximate surface area is 144 Å². The first-order chi connectivity index (χ1) is 8.99. The number of guanidine groups is 1. The molecule has 0 unspecified atom stereocenters. The topological polar surface area (TPSA) is 82.6 Å². The number of nitrogens with one attached hydrogen (secondary N) is 3. The molecule has 20 heavy (non-hydrogen) atoms. The van der Waals surface area contributed by atoms with Crippen molar-refractivity contribution in [2.45, 2.75) is 19.8 Å². The van der Waals surface area contributed by atoms with E-state index in [1.54, 1.807) is 0 Å². The van der Waals surface area contributed by atoms with Gasteiger partial charge in [-0.3, -0.25) is 4.99 Å². The second-order valence-corrected chi connectivity index (χ2v) is 6.87. The van der Waals surface area contributed by atoms with Crippen LogP contribution in [0.2, 0.25) is 0 Å². The van der Waals surface area contributed by atoms with E-state index in [2.05, 4.69) is 26.6 Å². The van der Waals surface area contributed by atoms with Gasteiger partial charge in [0.2, 0.25) is 10.0 Å². The lowest BCUT2D eigenvalue weighted by Gasteiger charge is -2.11. The minimum atomic E-state index is -3.11. The van der Waals surface area contributed by atoms with E-state index in [1.807, 2.05) is 18.7 Å². The number of thioether (sulfide) groups is 1. The lowest BCUT2D eigenvalue weighted by Crippen LogP contribution is -2.41. The molecule has 0 aromatic heterocycles. The molecule has 0 aliphatic heterocycles. The van der Waals surface area contributed by atoms with Gasteiger partial charge in [-0.25, -0.2) is 13.1 Å². The van der Waals surface area contributed by atoms with Gasteiger partial charge in [-0.15, -0.1) is 24.0 Å². The van der Waals surface area contributed by atoms with Crippen molar-refractivity contribution in [1.82, 2.24) is 15.4 Å². The molecule has 3 N–H and O–H groups in total. The number of unbranched alkanes of at least 4 members (excludes halogenated alkanes) is 1. The molecule has 0 saturated heterocycles. The van der Waals surface area contributed by atoms with Gasteiger partial charge >= 0.3 is 0 Å². The molecule has 0 aromatic carbocycles. The number of sulfonamides is 1. The predicted octanol–water partition coefficient (Wildman–Crippen LogP) is 0.852. The van der Waals surface area contributed by atoms with Gasteiger partial charge in [0, 0.05) is 26.2 Å². The molecule has 122 valence electrons. The van der Waals surface area contributed by atoms with E-state index >= 15 is 0 Å². The van der Waals surface area contributed by atoms with Crippen LogP contribution < -0.4 is 15.4 Å². The van der Waals surface area contributed by atoms with Crippen LogP contribution >= 0.6 is 35.7 Å². The molecule has 0 aromatic rings. The summed E-state index contributed by atoms with van der Waals surface area (Å²) in [5, 5.41) is 6.22. The summed E-state index contributed by atoms with van der Waals surface area (Å²) in [5.41, 5.74) is 0. The van der Waals surface area contributed by atoms with Crippen molar-refractivity contribution in [3.8, 4) is 0 Å². The molecular formula is C11H27IN4O2S2. The zero-order valence-electron chi connectivity index (χ0n) is 12.4. The maximum absolute atomic E-state index is 10.9. The molecule has 6 nitrogen and oxygen atoms in total. The van der Waals surface area contributed by atoms with Crippen molar-refractivity contribution in [2.75, 3.05) is 44.4 Å². The zero-order valence-corrected chi connectivity index (χ0v) is 16.4. The lowest BCUT2D eigenvalue weighted by atomic mass is 10.3. The van der Waals surface area contributed by atoms with E-state index in [0.29, 0.717) is 13.1 Å². The highest BCUT2D eigenvalue weighted by Crippen LogP contribution is 1.98.